The standard InChI is InChI=1S/C24H30N4O2S/c1-6-30-22(29)17-8-7-13-28(15-17)21-19(14-25)20(26-23(27-21)31-5)16-9-11-18(12-10-16)24(2,3)4/h9-12,17H,6-8,13,15H2,1-5H3. The molecule has 1 saturated heterocycles. The first kappa shape index (κ1) is 23.1. The van der Waals surface area contributed by atoms with Crippen LogP contribution in [0.3, 0.4) is 0 Å². The third-order valence-electron chi connectivity index (χ3n) is 5.53. The Morgan fingerprint density at radius 2 is 2.00 bits per heavy atom. The first-order chi connectivity index (χ1) is 14.8. The van der Waals surface area contributed by atoms with Crippen molar-refractivity contribution in [2.45, 2.75) is 51.1 Å². The minimum Gasteiger partial charge on any atom is -0.466 e. The van der Waals surface area contributed by atoms with E-state index in [0.717, 1.165) is 24.9 Å². The lowest BCUT2D eigenvalue weighted by molar-refractivity contribution is -0.148. The maximum Gasteiger partial charge on any atom is 0.310 e. The number of hydrogen-bond donors (Lipinski definition) is 0. The summed E-state index contributed by atoms with van der Waals surface area (Å²) in [6.45, 7) is 9.96. The van der Waals surface area contributed by atoms with Crippen LogP contribution in [0.15, 0.2) is 29.4 Å². The lowest BCUT2D eigenvalue weighted by Gasteiger charge is -2.33. The summed E-state index contributed by atoms with van der Waals surface area (Å²) in [5.41, 5.74) is 3.25. The number of ether oxygens (including phenoxy) is 1. The van der Waals surface area contributed by atoms with Crippen LogP contribution in [0.4, 0.5) is 5.82 Å². The van der Waals surface area contributed by atoms with Crippen LogP contribution in [0.5, 0.6) is 0 Å². The van der Waals surface area contributed by atoms with E-state index in [2.05, 4.69) is 48.9 Å². The highest BCUT2D eigenvalue weighted by molar-refractivity contribution is 7.98. The summed E-state index contributed by atoms with van der Waals surface area (Å²) >= 11 is 1.45. The average Bonchev–Trinajstić information content (AvgIpc) is 2.78. The Bertz CT molecular complexity index is 977. The first-order valence-electron chi connectivity index (χ1n) is 10.7. The zero-order valence-electron chi connectivity index (χ0n) is 18.9. The molecule has 2 aromatic rings. The van der Waals surface area contributed by atoms with Crippen molar-refractivity contribution in [3.05, 3.63) is 35.4 Å². The van der Waals surface area contributed by atoms with Crippen LogP contribution in [0.1, 0.15) is 51.7 Å². The molecule has 2 heterocycles. The highest BCUT2D eigenvalue weighted by Gasteiger charge is 2.30. The summed E-state index contributed by atoms with van der Waals surface area (Å²) in [6, 6.07) is 10.6. The number of thioether (sulfide) groups is 1. The third kappa shape index (κ3) is 5.19. The van der Waals surface area contributed by atoms with Gasteiger partial charge in [0, 0.05) is 18.7 Å². The number of nitrogens with zero attached hydrogens (tertiary/aromatic N) is 4. The van der Waals surface area contributed by atoms with Gasteiger partial charge in [0.15, 0.2) is 11.0 Å². The van der Waals surface area contributed by atoms with Gasteiger partial charge in [-0.25, -0.2) is 9.97 Å². The van der Waals surface area contributed by atoms with Gasteiger partial charge in [0.1, 0.15) is 11.6 Å². The Kier molecular flexibility index (Phi) is 7.22. The number of carbonyl (C=O) groups is 1. The lowest BCUT2D eigenvalue weighted by Crippen LogP contribution is -2.40. The van der Waals surface area contributed by atoms with Crippen molar-refractivity contribution in [1.82, 2.24) is 9.97 Å². The van der Waals surface area contributed by atoms with Gasteiger partial charge in [-0.2, -0.15) is 5.26 Å². The molecular weight excluding hydrogens is 408 g/mol. The van der Waals surface area contributed by atoms with Crippen molar-refractivity contribution in [1.29, 1.82) is 5.26 Å². The van der Waals surface area contributed by atoms with E-state index in [4.69, 9.17) is 4.74 Å². The van der Waals surface area contributed by atoms with E-state index in [0.29, 0.717) is 35.4 Å². The van der Waals surface area contributed by atoms with E-state index in [-0.39, 0.29) is 17.3 Å². The molecule has 0 aliphatic carbocycles. The molecule has 0 spiro atoms. The van der Waals surface area contributed by atoms with Crippen LogP contribution in [-0.4, -0.2) is 41.9 Å². The fourth-order valence-corrected chi connectivity index (χ4v) is 4.17. The average molecular weight is 439 g/mol. The molecule has 1 fully saturated rings. The molecule has 0 bridgehead atoms. The van der Waals surface area contributed by atoms with Gasteiger partial charge in [0.2, 0.25) is 0 Å². The fourth-order valence-electron chi connectivity index (χ4n) is 3.81. The minimum atomic E-state index is -0.206. The topological polar surface area (TPSA) is 79.1 Å². The van der Waals surface area contributed by atoms with Crippen molar-refractivity contribution in [2.24, 2.45) is 5.92 Å². The Morgan fingerprint density at radius 3 is 2.58 bits per heavy atom. The van der Waals surface area contributed by atoms with Gasteiger partial charge in [-0.05, 0) is 37.0 Å². The molecular formula is C24H30N4O2S. The maximum atomic E-state index is 12.3. The molecule has 3 rings (SSSR count). The monoisotopic (exact) mass is 438 g/mol. The molecule has 0 saturated carbocycles. The highest BCUT2D eigenvalue weighted by atomic mass is 32.2. The number of piperidine rings is 1. The van der Waals surface area contributed by atoms with Crippen LogP contribution >= 0.6 is 11.8 Å². The van der Waals surface area contributed by atoms with E-state index in [1.54, 1.807) is 0 Å². The molecule has 6 nitrogen and oxygen atoms in total. The molecule has 0 radical (unpaired) electrons. The molecule has 0 amide bonds. The Hall–Kier alpha value is -2.59. The van der Waals surface area contributed by atoms with Gasteiger partial charge in [-0.3, -0.25) is 4.79 Å². The van der Waals surface area contributed by atoms with Crippen LogP contribution < -0.4 is 4.90 Å². The van der Waals surface area contributed by atoms with Gasteiger partial charge < -0.3 is 9.64 Å². The molecule has 1 unspecified atom stereocenters. The number of benzene rings is 1. The summed E-state index contributed by atoms with van der Waals surface area (Å²) in [5, 5.41) is 10.7. The predicted molar refractivity (Wildman–Crippen MR) is 124 cm³/mol. The molecule has 1 aromatic heterocycles. The molecule has 164 valence electrons. The van der Waals surface area contributed by atoms with Crippen molar-refractivity contribution in [2.75, 3.05) is 30.9 Å². The Balaban J connectivity index is 2.02. The van der Waals surface area contributed by atoms with E-state index in [9.17, 15) is 10.1 Å². The lowest BCUT2D eigenvalue weighted by atomic mass is 9.86. The molecule has 31 heavy (non-hydrogen) atoms. The van der Waals surface area contributed by atoms with Crippen molar-refractivity contribution in [3.63, 3.8) is 0 Å². The first-order valence-corrected chi connectivity index (χ1v) is 11.9. The highest BCUT2D eigenvalue weighted by Crippen LogP contribution is 2.34. The van der Waals surface area contributed by atoms with E-state index in [1.807, 2.05) is 30.2 Å². The number of aromatic nitrogens is 2. The number of carbonyl (C=O) groups excluding carboxylic acids is 1. The van der Waals surface area contributed by atoms with Gasteiger partial charge in [-0.15, -0.1) is 0 Å². The molecule has 7 heteroatoms. The van der Waals surface area contributed by atoms with Gasteiger partial charge in [-0.1, -0.05) is 56.8 Å². The van der Waals surface area contributed by atoms with Crippen LogP contribution in [0.2, 0.25) is 0 Å². The molecule has 1 atom stereocenters. The van der Waals surface area contributed by atoms with Crippen molar-refractivity contribution >= 4 is 23.5 Å². The third-order valence-corrected chi connectivity index (χ3v) is 6.08. The fraction of sp³-hybridized carbons (Fsp3) is 0.500. The number of esters is 1. The van der Waals surface area contributed by atoms with Crippen molar-refractivity contribution in [3.8, 4) is 17.3 Å². The number of anilines is 1. The molecule has 0 N–H and O–H groups in total. The van der Waals surface area contributed by atoms with E-state index < -0.39 is 0 Å². The van der Waals surface area contributed by atoms with Crippen molar-refractivity contribution < 1.29 is 9.53 Å². The Labute approximate surface area is 189 Å². The smallest absolute Gasteiger partial charge is 0.310 e. The predicted octanol–water partition coefficient (Wildman–Crippen LogP) is 4.81. The maximum absolute atomic E-state index is 12.3. The summed E-state index contributed by atoms with van der Waals surface area (Å²) < 4.78 is 5.23. The number of hydrogen-bond acceptors (Lipinski definition) is 7. The quantitative estimate of drug-likeness (QED) is 0.376. The van der Waals surface area contributed by atoms with Gasteiger partial charge in [0.25, 0.3) is 0 Å². The summed E-state index contributed by atoms with van der Waals surface area (Å²) in [7, 11) is 0. The number of rotatable bonds is 5. The van der Waals surface area contributed by atoms with Gasteiger partial charge in [0.05, 0.1) is 18.2 Å². The summed E-state index contributed by atoms with van der Waals surface area (Å²) in [6.07, 6.45) is 3.57. The Morgan fingerprint density at radius 1 is 1.29 bits per heavy atom. The van der Waals surface area contributed by atoms with Crippen LogP contribution in [0.25, 0.3) is 11.3 Å². The van der Waals surface area contributed by atoms with E-state index >= 15 is 0 Å². The molecule has 1 aliphatic heterocycles. The second-order valence-electron chi connectivity index (χ2n) is 8.73. The van der Waals surface area contributed by atoms with E-state index in [1.165, 1.54) is 17.3 Å². The zero-order valence-corrected chi connectivity index (χ0v) is 19.8. The molecule has 1 aromatic carbocycles. The van der Waals surface area contributed by atoms with Crippen LogP contribution in [0, 0.1) is 17.2 Å². The largest absolute Gasteiger partial charge is 0.466 e. The number of nitriles is 1. The molecule has 1 aliphatic rings. The second-order valence-corrected chi connectivity index (χ2v) is 9.51. The summed E-state index contributed by atoms with van der Waals surface area (Å²) in [5.74, 6) is 0.219. The second kappa shape index (κ2) is 9.69. The minimum absolute atomic E-state index is 0.0494. The van der Waals surface area contributed by atoms with Gasteiger partial charge >= 0.3 is 5.97 Å². The summed E-state index contributed by atoms with van der Waals surface area (Å²) in [4.78, 5) is 23.7. The normalized spacial score (nSPS) is 16.6. The zero-order chi connectivity index (χ0) is 22.6. The SMILES string of the molecule is CCOC(=O)C1CCCN(c2nc(SC)nc(-c3ccc(C(C)(C)C)cc3)c2C#N)C1. The van der Waals surface area contributed by atoms with Crippen LogP contribution in [-0.2, 0) is 14.9 Å².